The fraction of sp³-hybridized carbons (Fsp3) is 0.188. The molecule has 0 saturated carbocycles. The number of benzene rings is 1. The number of rotatable bonds is 4. The van der Waals surface area contributed by atoms with Gasteiger partial charge in [0.2, 0.25) is 5.91 Å². The third-order valence-corrected chi connectivity index (χ3v) is 4.23. The molecule has 1 aromatic carbocycles. The highest BCUT2D eigenvalue weighted by molar-refractivity contribution is 7.22. The van der Waals surface area contributed by atoms with Crippen LogP contribution in [0.3, 0.4) is 0 Å². The van der Waals surface area contributed by atoms with Crippen molar-refractivity contribution in [1.29, 1.82) is 0 Å². The van der Waals surface area contributed by atoms with E-state index in [-0.39, 0.29) is 11.8 Å². The predicted octanol–water partition coefficient (Wildman–Crippen LogP) is 2.95. The molecule has 2 amide bonds. The molecule has 3 rings (SSSR count). The Morgan fingerprint density at radius 3 is 2.87 bits per heavy atom. The molecule has 1 atom stereocenters. The smallest absolute Gasteiger partial charge is 0.255 e. The Balaban J connectivity index is 1.66. The molecule has 3 aromatic rings. The van der Waals surface area contributed by atoms with Gasteiger partial charge in [-0.1, -0.05) is 17.4 Å². The summed E-state index contributed by atoms with van der Waals surface area (Å²) in [7, 11) is 0. The Hall–Kier alpha value is -2.67. The lowest BCUT2D eigenvalue weighted by Gasteiger charge is -2.11. The van der Waals surface area contributed by atoms with Gasteiger partial charge in [-0.3, -0.25) is 9.59 Å². The van der Waals surface area contributed by atoms with Crippen LogP contribution in [0.15, 0.2) is 41.2 Å². The highest BCUT2D eigenvalue weighted by Crippen LogP contribution is 2.26. The van der Waals surface area contributed by atoms with Crippen molar-refractivity contribution in [2.75, 3.05) is 5.32 Å². The molecule has 0 aliphatic carbocycles. The van der Waals surface area contributed by atoms with Crippen LogP contribution in [0.25, 0.3) is 10.2 Å². The van der Waals surface area contributed by atoms with Crippen molar-refractivity contribution >= 4 is 38.5 Å². The molecule has 0 fully saturated rings. The molecule has 118 valence electrons. The quantitative estimate of drug-likeness (QED) is 0.771. The number of carbonyl (C=O) groups excluding carboxylic acids is 2. The number of furan rings is 1. The predicted molar refractivity (Wildman–Crippen MR) is 88.6 cm³/mol. The maximum atomic E-state index is 12.2. The summed E-state index contributed by atoms with van der Waals surface area (Å²) in [5.41, 5.74) is 2.35. The van der Waals surface area contributed by atoms with Crippen LogP contribution in [-0.4, -0.2) is 22.8 Å². The van der Waals surface area contributed by atoms with Gasteiger partial charge in [0.15, 0.2) is 5.13 Å². The second-order valence-corrected chi connectivity index (χ2v) is 6.22. The van der Waals surface area contributed by atoms with Crippen LogP contribution in [0.4, 0.5) is 5.13 Å². The largest absolute Gasteiger partial charge is 0.472 e. The van der Waals surface area contributed by atoms with Crippen LogP contribution in [0.2, 0.25) is 0 Å². The summed E-state index contributed by atoms with van der Waals surface area (Å²) in [4.78, 5) is 28.4. The maximum absolute atomic E-state index is 12.2. The van der Waals surface area contributed by atoms with E-state index in [9.17, 15) is 9.59 Å². The van der Waals surface area contributed by atoms with Gasteiger partial charge in [0, 0.05) is 0 Å². The number of anilines is 1. The van der Waals surface area contributed by atoms with E-state index in [4.69, 9.17) is 4.42 Å². The average Bonchev–Trinajstić information content (AvgIpc) is 3.15. The lowest BCUT2D eigenvalue weighted by atomic mass is 10.2. The minimum atomic E-state index is -0.689. The molecule has 0 aliphatic heterocycles. The molecule has 0 spiro atoms. The number of aryl methyl sites for hydroxylation is 1. The molecular formula is C16H15N3O3S. The summed E-state index contributed by atoms with van der Waals surface area (Å²) in [6, 6.07) is 6.76. The number of hydrogen-bond acceptors (Lipinski definition) is 5. The fourth-order valence-corrected chi connectivity index (χ4v) is 3.01. The lowest BCUT2D eigenvalue weighted by Crippen LogP contribution is -2.41. The Morgan fingerprint density at radius 2 is 2.13 bits per heavy atom. The van der Waals surface area contributed by atoms with Crippen LogP contribution in [-0.2, 0) is 4.79 Å². The van der Waals surface area contributed by atoms with Crippen molar-refractivity contribution in [2.45, 2.75) is 19.9 Å². The summed E-state index contributed by atoms with van der Waals surface area (Å²) in [6.45, 7) is 3.62. The molecule has 0 aliphatic rings. The van der Waals surface area contributed by atoms with E-state index in [1.165, 1.54) is 29.9 Å². The van der Waals surface area contributed by atoms with Gasteiger partial charge < -0.3 is 15.1 Å². The van der Waals surface area contributed by atoms with Crippen molar-refractivity contribution in [3.05, 3.63) is 47.9 Å². The second-order valence-electron chi connectivity index (χ2n) is 5.19. The fourth-order valence-electron chi connectivity index (χ4n) is 2.04. The van der Waals surface area contributed by atoms with Crippen LogP contribution in [0.1, 0.15) is 22.8 Å². The van der Waals surface area contributed by atoms with E-state index < -0.39 is 6.04 Å². The van der Waals surface area contributed by atoms with Gasteiger partial charge in [0.1, 0.15) is 12.3 Å². The van der Waals surface area contributed by atoms with Crippen LogP contribution in [0, 0.1) is 6.92 Å². The summed E-state index contributed by atoms with van der Waals surface area (Å²) in [6.07, 6.45) is 2.73. The number of thiazole rings is 1. The van der Waals surface area contributed by atoms with Gasteiger partial charge in [-0.15, -0.1) is 0 Å². The Bertz CT molecular complexity index is 855. The minimum Gasteiger partial charge on any atom is -0.472 e. The molecule has 0 bridgehead atoms. The number of hydrogen-bond donors (Lipinski definition) is 2. The molecule has 2 N–H and O–H groups in total. The van der Waals surface area contributed by atoms with Crippen LogP contribution >= 0.6 is 11.3 Å². The molecular weight excluding hydrogens is 314 g/mol. The zero-order valence-electron chi connectivity index (χ0n) is 12.6. The standard InChI is InChI=1S/C16H15N3O3S/c1-9-3-4-12-13(7-9)23-16(18-12)19-14(20)10(2)17-15(21)11-5-6-22-8-11/h3-8,10H,1-2H3,(H,17,21)(H,18,19,20). The Morgan fingerprint density at radius 1 is 1.30 bits per heavy atom. The lowest BCUT2D eigenvalue weighted by molar-refractivity contribution is -0.117. The summed E-state index contributed by atoms with van der Waals surface area (Å²) < 4.78 is 5.86. The van der Waals surface area contributed by atoms with Crippen molar-refractivity contribution in [1.82, 2.24) is 10.3 Å². The highest BCUT2D eigenvalue weighted by Gasteiger charge is 2.18. The van der Waals surface area contributed by atoms with E-state index in [1.54, 1.807) is 6.92 Å². The minimum absolute atomic E-state index is 0.322. The normalized spacial score (nSPS) is 12.1. The second kappa shape index (κ2) is 6.21. The number of nitrogens with one attached hydrogen (secondary N) is 2. The maximum Gasteiger partial charge on any atom is 0.255 e. The van der Waals surface area contributed by atoms with Crippen molar-refractivity contribution in [3.63, 3.8) is 0 Å². The van der Waals surface area contributed by atoms with Gasteiger partial charge in [-0.05, 0) is 37.6 Å². The van der Waals surface area contributed by atoms with Crippen molar-refractivity contribution in [2.24, 2.45) is 0 Å². The molecule has 2 heterocycles. The summed E-state index contributed by atoms with van der Waals surface area (Å²) in [5.74, 6) is -0.682. The first kappa shape index (κ1) is 15.2. The number of nitrogens with zero attached hydrogens (tertiary/aromatic N) is 1. The SMILES string of the molecule is Cc1ccc2nc(NC(=O)C(C)NC(=O)c3ccoc3)sc2c1. The molecule has 7 heteroatoms. The van der Waals surface area contributed by atoms with E-state index >= 15 is 0 Å². The average molecular weight is 329 g/mol. The topological polar surface area (TPSA) is 84.2 Å². The van der Waals surface area contributed by atoms with Gasteiger partial charge in [0.25, 0.3) is 5.91 Å². The number of carbonyl (C=O) groups is 2. The number of aromatic nitrogens is 1. The monoisotopic (exact) mass is 329 g/mol. The molecule has 23 heavy (non-hydrogen) atoms. The van der Waals surface area contributed by atoms with E-state index in [0.29, 0.717) is 10.7 Å². The summed E-state index contributed by atoms with van der Waals surface area (Å²) >= 11 is 1.40. The van der Waals surface area contributed by atoms with Crippen molar-refractivity contribution in [3.8, 4) is 0 Å². The summed E-state index contributed by atoms with van der Waals surface area (Å²) in [5, 5.41) is 5.86. The number of fused-ring (bicyclic) bond motifs is 1. The third-order valence-electron chi connectivity index (χ3n) is 3.30. The zero-order valence-corrected chi connectivity index (χ0v) is 13.4. The molecule has 0 saturated heterocycles. The zero-order chi connectivity index (χ0) is 16.4. The van der Waals surface area contributed by atoms with Gasteiger partial charge in [-0.2, -0.15) is 0 Å². The molecule has 6 nitrogen and oxygen atoms in total. The van der Waals surface area contributed by atoms with Gasteiger partial charge in [0.05, 0.1) is 22.0 Å². The first-order valence-electron chi connectivity index (χ1n) is 7.04. The first-order chi connectivity index (χ1) is 11.0. The molecule has 0 radical (unpaired) electrons. The Labute approximate surface area is 136 Å². The van der Waals surface area contributed by atoms with E-state index in [2.05, 4.69) is 15.6 Å². The van der Waals surface area contributed by atoms with E-state index in [0.717, 1.165) is 15.8 Å². The van der Waals surface area contributed by atoms with Gasteiger partial charge >= 0.3 is 0 Å². The molecule has 2 aromatic heterocycles. The number of amides is 2. The molecule has 1 unspecified atom stereocenters. The highest BCUT2D eigenvalue weighted by atomic mass is 32.1. The van der Waals surface area contributed by atoms with Crippen LogP contribution in [0.5, 0.6) is 0 Å². The first-order valence-corrected chi connectivity index (χ1v) is 7.86. The van der Waals surface area contributed by atoms with Crippen molar-refractivity contribution < 1.29 is 14.0 Å². The van der Waals surface area contributed by atoms with E-state index in [1.807, 2.05) is 25.1 Å². The third kappa shape index (κ3) is 3.40. The van der Waals surface area contributed by atoms with Crippen LogP contribution < -0.4 is 10.6 Å². The Kier molecular flexibility index (Phi) is 4.12. The van der Waals surface area contributed by atoms with Gasteiger partial charge in [-0.25, -0.2) is 4.98 Å².